The van der Waals surface area contributed by atoms with E-state index in [1.54, 1.807) is 0 Å². The van der Waals surface area contributed by atoms with Crippen LogP contribution >= 0.6 is 12.6 Å². The highest BCUT2D eigenvalue weighted by Gasteiger charge is 2.15. The standard InChI is InChI=1S/C35H68O4S/c1-3-5-7-9-11-13-15-17-19-21-23-25-27-29-34(36)38-31-33(32-40)39-35(37)30-28-26-24-22-20-18-16-14-12-10-8-6-4-2/h33,40H,3-32H2,1-2H3/t33-/m0/s1. The average Bonchev–Trinajstić information content (AvgIpc) is 2.96. The fourth-order valence-corrected chi connectivity index (χ4v) is 5.38. The van der Waals surface area contributed by atoms with Crippen molar-refractivity contribution in [2.24, 2.45) is 0 Å². The number of carbonyl (C=O) groups excluding carboxylic acids is 2. The third-order valence-corrected chi connectivity index (χ3v) is 8.31. The molecule has 0 aromatic heterocycles. The Morgan fingerprint density at radius 3 is 1.10 bits per heavy atom. The number of carbonyl (C=O) groups is 2. The van der Waals surface area contributed by atoms with E-state index < -0.39 is 6.10 Å². The van der Waals surface area contributed by atoms with E-state index in [0.717, 1.165) is 25.7 Å². The van der Waals surface area contributed by atoms with Gasteiger partial charge in [0.2, 0.25) is 0 Å². The average molecular weight is 585 g/mol. The molecule has 0 rings (SSSR count). The minimum Gasteiger partial charge on any atom is -0.462 e. The molecule has 5 heteroatoms. The minimum absolute atomic E-state index is 0.116. The van der Waals surface area contributed by atoms with E-state index in [9.17, 15) is 9.59 Å². The largest absolute Gasteiger partial charge is 0.462 e. The molecule has 0 aliphatic carbocycles. The van der Waals surface area contributed by atoms with Gasteiger partial charge in [-0.15, -0.1) is 0 Å². The lowest BCUT2D eigenvalue weighted by Crippen LogP contribution is -2.26. The van der Waals surface area contributed by atoms with E-state index in [1.165, 1.54) is 141 Å². The van der Waals surface area contributed by atoms with E-state index in [1.807, 2.05) is 0 Å². The molecular weight excluding hydrogens is 516 g/mol. The zero-order valence-corrected chi connectivity index (χ0v) is 27.8. The second-order valence-electron chi connectivity index (χ2n) is 12.0. The molecule has 0 aliphatic heterocycles. The predicted octanol–water partition coefficient (Wildman–Crippen LogP) is 11.3. The highest BCUT2D eigenvalue weighted by Crippen LogP contribution is 2.15. The first-order valence-corrected chi connectivity index (χ1v) is 18.2. The zero-order valence-electron chi connectivity index (χ0n) is 26.9. The fraction of sp³-hybridized carbons (Fsp3) is 0.943. The summed E-state index contributed by atoms with van der Waals surface area (Å²) in [5.74, 6) is -0.0202. The summed E-state index contributed by atoms with van der Waals surface area (Å²) >= 11 is 4.28. The first-order chi connectivity index (χ1) is 19.6. The molecule has 0 amide bonds. The van der Waals surface area contributed by atoms with Gasteiger partial charge >= 0.3 is 11.9 Å². The lowest BCUT2D eigenvalue weighted by Gasteiger charge is -2.16. The van der Waals surface area contributed by atoms with Crippen molar-refractivity contribution >= 4 is 24.6 Å². The summed E-state index contributed by atoms with van der Waals surface area (Å²) in [5, 5.41) is 0. The number of esters is 2. The molecule has 0 aliphatic rings. The van der Waals surface area contributed by atoms with Crippen LogP contribution < -0.4 is 0 Å². The molecule has 0 aromatic rings. The summed E-state index contributed by atoms with van der Waals surface area (Å²) in [5.41, 5.74) is 0. The molecule has 0 N–H and O–H groups in total. The molecule has 238 valence electrons. The maximum atomic E-state index is 12.2. The lowest BCUT2D eigenvalue weighted by atomic mass is 10.0. The van der Waals surface area contributed by atoms with Gasteiger partial charge < -0.3 is 9.47 Å². The molecule has 4 nitrogen and oxygen atoms in total. The van der Waals surface area contributed by atoms with E-state index in [0.29, 0.717) is 18.6 Å². The van der Waals surface area contributed by atoms with Gasteiger partial charge in [-0.2, -0.15) is 12.6 Å². The number of rotatable bonds is 32. The lowest BCUT2D eigenvalue weighted by molar-refractivity contribution is -0.157. The second-order valence-corrected chi connectivity index (χ2v) is 12.3. The van der Waals surface area contributed by atoms with Crippen molar-refractivity contribution in [2.45, 2.75) is 200 Å². The second kappa shape index (κ2) is 32.8. The van der Waals surface area contributed by atoms with Gasteiger partial charge in [0.25, 0.3) is 0 Å². The first kappa shape index (κ1) is 39.3. The van der Waals surface area contributed by atoms with E-state index >= 15 is 0 Å². The molecule has 40 heavy (non-hydrogen) atoms. The normalized spacial score (nSPS) is 12.0. The predicted molar refractivity (Wildman–Crippen MR) is 175 cm³/mol. The summed E-state index contributed by atoms with van der Waals surface area (Å²) in [6.45, 7) is 4.65. The monoisotopic (exact) mass is 584 g/mol. The number of thiol groups is 1. The van der Waals surface area contributed by atoms with Crippen LogP contribution in [0.15, 0.2) is 0 Å². The first-order valence-electron chi connectivity index (χ1n) is 17.6. The molecule has 0 unspecified atom stereocenters. The Labute approximate surface area is 255 Å². The molecule has 0 bridgehead atoms. The van der Waals surface area contributed by atoms with E-state index in [2.05, 4.69) is 26.5 Å². The van der Waals surface area contributed by atoms with E-state index in [-0.39, 0.29) is 18.5 Å². The zero-order chi connectivity index (χ0) is 29.4. The molecule has 1 atom stereocenters. The summed E-state index contributed by atoms with van der Waals surface area (Å²) in [6.07, 6.45) is 33.9. The fourth-order valence-electron chi connectivity index (χ4n) is 5.20. The smallest absolute Gasteiger partial charge is 0.306 e. The molecule has 0 spiro atoms. The van der Waals surface area contributed by atoms with Crippen molar-refractivity contribution in [2.75, 3.05) is 12.4 Å². The molecule has 0 saturated heterocycles. The van der Waals surface area contributed by atoms with Crippen LogP contribution in [-0.4, -0.2) is 30.4 Å². The van der Waals surface area contributed by atoms with Crippen molar-refractivity contribution in [3.05, 3.63) is 0 Å². The van der Waals surface area contributed by atoms with Crippen molar-refractivity contribution < 1.29 is 19.1 Å². The van der Waals surface area contributed by atoms with Gasteiger partial charge in [0, 0.05) is 18.6 Å². The topological polar surface area (TPSA) is 52.6 Å². The summed E-state index contributed by atoms with van der Waals surface area (Å²) < 4.78 is 10.8. The maximum absolute atomic E-state index is 12.2. The van der Waals surface area contributed by atoms with Crippen molar-refractivity contribution in [1.82, 2.24) is 0 Å². The maximum Gasteiger partial charge on any atom is 0.306 e. The number of hydrogen-bond acceptors (Lipinski definition) is 5. The van der Waals surface area contributed by atoms with Crippen LogP contribution in [0.1, 0.15) is 194 Å². The van der Waals surface area contributed by atoms with Crippen LogP contribution in [0, 0.1) is 0 Å². The highest BCUT2D eigenvalue weighted by molar-refractivity contribution is 7.80. The molecular formula is C35H68O4S. The van der Waals surface area contributed by atoms with Gasteiger partial charge in [-0.3, -0.25) is 9.59 Å². The van der Waals surface area contributed by atoms with Crippen LogP contribution in [-0.2, 0) is 19.1 Å². The Bertz CT molecular complexity index is 539. The van der Waals surface area contributed by atoms with Gasteiger partial charge in [-0.05, 0) is 12.8 Å². The Balaban J connectivity index is 3.53. The molecule has 0 fully saturated rings. The van der Waals surface area contributed by atoms with Crippen LogP contribution in [0.25, 0.3) is 0 Å². The molecule has 0 aromatic carbocycles. The molecule has 0 heterocycles. The molecule has 0 saturated carbocycles. The minimum atomic E-state index is -0.451. The van der Waals surface area contributed by atoms with Gasteiger partial charge in [-0.25, -0.2) is 0 Å². The Morgan fingerprint density at radius 1 is 0.475 bits per heavy atom. The van der Waals surface area contributed by atoms with Gasteiger partial charge in [0.15, 0.2) is 0 Å². The number of hydrogen-bond donors (Lipinski definition) is 1. The van der Waals surface area contributed by atoms with Crippen molar-refractivity contribution in [3.63, 3.8) is 0 Å². The summed E-state index contributed by atoms with van der Waals surface area (Å²) in [4.78, 5) is 24.2. The van der Waals surface area contributed by atoms with Gasteiger partial charge in [-0.1, -0.05) is 168 Å². The van der Waals surface area contributed by atoms with Crippen molar-refractivity contribution in [1.29, 1.82) is 0 Å². The Hall–Kier alpha value is -0.710. The van der Waals surface area contributed by atoms with Crippen LogP contribution in [0.4, 0.5) is 0 Å². The van der Waals surface area contributed by atoms with Crippen LogP contribution in [0.5, 0.6) is 0 Å². The summed E-state index contributed by atoms with van der Waals surface area (Å²) in [7, 11) is 0. The quantitative estimate of drug-likeness (QED) is 0.0485. The Kier molecular flexibility index (Phi) is 32.2. The van der Waals surface area contributed by atoms with Gasteiger partial charge in [0.1, 0.15) is 12.7 Å². The molecule has 0 radical (unpaired) electrons. The number of unbranched alkanes of at least 4 members (excludes halogenated alkanes) is 24. The SMILES string of the molecule is CCCCCCCCCCCCCCCC(=O)OC[C@@H](CS)OC(=O)CCCCCCCCCCCCCCC. The summed E-state index contributed by atoms with van der Waals surface area (Å²) in [6, 6.07) is 0. The van der Waals surface area contributed by atoms with Crippen molar-refractivity contribution in [3.8, 4) is 0 Å². The van der Waals surface area contributed by atoms with E-state index in [4.69, 9.17) is 9.47 Å². The number of ether oxygens (including phenoxy) is 2. The van der Waals surface area contributed by atoms with Crippen LogP contribution in [0.3, 0.4) is 0 Å². The highest BCUT2D eigenvalue weighted by atomic mass is 32.1. The van der Waals surface area contributed by atoms with Gasteiger partial charge in [0.05, 0.1) is 0 Å². The third kappa shape index (κ3) is 30.3. The third-order valence-electron chi connectivity index (χ3n) is 7.90. The van der Waals surface area contributed by atoms with Crippen LogP contribution in [0.2, 0.25) is 0 Å². The Morgan fingerprint density at radius 2 is 0.775 bits per heavy atom.